The summed E-state index contributed by atoms with van der Waals surface area (Å²) in [5.41, 5.74) is 2.11. The molecule has 0 bridgehead atoms. The SMILES string of the molecule is CC(C)(C)c1cc2[nH]c(=O)oc2cn1. The Bertz CT molecular complexity index is 517. The molecule has 2 rings (SSSR count). The van der Waals surface area contributed by atoms with Crippen molar-refractivity contribution < 1.29 is 4.42 Å². The van der Waals surface area contributed by atoms with Crippen LogP contribution in [0.15, 0.2) is 21.5 Å². The molecule has 0 atom stereocenters. The van der Waals surface area contributed by atoms with Gasteiger partial charge in [-0.2, -0.15) is 0 Å². The molecule has 0 spiro atoms. The second-order valence-electron chi connectivity index (χ2n) is 4.33. The summed E-state index contributed by atoms with van der Waals surface area (Å²) in [5.74, 6) is -0.437. The fourth-order valence-corrected chi connectivity index (χ4v) is 1.27. The van der Waals surface area contributed by atoms with Crippen LogP contribution in [0.2, 0.25) is 0 Å². The number of pyridine rings is 1. The molecule has 2 aromatic heterocycles. The van der Waals surface area contributed by atoms with Crippen molar-refractivity contribution >= 4 is 11.1 Å². The summed E-state index contributed by atoms with van der Waals surface area (Å²) in [6.45, 7) is 6.21. The van der Waals surface area contributed by atoms with Gasteiger partial charge in [0.05, 0.1) is 11.7 Å². The van der Waals surface area contributed by atoms with Crippen LogP contribution >= 0.6 is 0 Å². The number of hydrogen-bond acceptors (Lipinski definition) is 3. The Hall–Kier alpha value is -1.58. The Kier molecular flexibility index (Phi) is 1.74. The molecule has 0 unspecified atom stereocenters. The maximum Gasteiger partial charge on any atom is 0.417 e. The number of H-pyrrole nitrogens is 1. The van der Waals surface area contributed by atoms with Gasteiger partial charge < -0.3 is 4.42 Å². The standard InChI is InChI=1S/C10H12N2O2/c1-10(2,3)8-4-6-7(5-11-8)14-9(13)12-6/h4-5H,1-3H3,(H,12,13). The fraction of sp³-hybridized carbons (Fsp3) is 0.400. The Balaban J connectivity index is 2.67. The molecule has 14 heavy (non-hydrogen) atoms. The van der Waals surface area contributed by atoms with E-state index >= 15 is 0 Å². The minimum atomic E-state index is -0.437. The van der Waals surface area contributed by atoms with E-state index in [9.17, 15) is 4.79 Å². The molecule has 1 N–H and O–H groups in total. The molecule has 2 aromatic rings. The molecule has 0 aliphatic carbocycles. The molecule has 0 aromatic carbocycles. The van der Waals surface area contributed by atoms with E-state index in [-0.39, 0.29) is 5.41 Å². The second kappa shape index (κ2) is 2.70. The summed E-state index contributed by atoms with van der Waals surface area (Å²) in [4.78, 5) is 17.7. The van der Waals surface area contributed by atoms with Crippen LogP contribution in [0.5, 0.6) is 0 Å². The van der Waals surface area contributed by atoms with E-state index in [0.717, 1.165) is 5.69 Å². The second-order valence-corrected chi connectivity index (χ2v) is 4.33. The van der Waals surface area contributed by atoms with Gasteiger partial charge in [-0.25, -0.2) is 4.79 Å². The highest BCUT2D eigenvalue weighted by Gasteiger charge is 2.16. The van der Waals surface area contributed by atoms with E-state index in [1.54, 1.807) is 6.20 Å². The summed E-state index contributed by atoms with van der Waals surface area (Å²) >= 11 is 0. The fourth-order valence-electron chi connectivity index (χ4n) is 1.27. The Morgan fingerprint density at radius 2 is 2.14 bits per heavy atom. The normalized spacial score (nSPS) is 12.2. The van der Waals surface area contributed by atoms with Crippen LogP contribution in [-0.4, -0.2) is 9.97 Å². The summed E-state index contributed by atoms with van der Waals surface area (Å²) in [7, 11) is 0. The van der Waals surface area contributed by atoms with Crippen molar-refractivity contribution in [1.82, 2.24) is 9.97 Å². The van der Waals surface area contributed by atoms with Crippen LogP contribution in [0.4, 0.5) is 0 Å². The lowest BCUT2D eigenvalue weighted by Gasteiger charge is -2.16. The van der Waals surface area contributed by atoms with Crippen LogP contribution < -0.4 is 5.76 Å². The minimum Gasteiger partial charge on any atom is -0.406 e. The zero-order chi connectivity index (χ0) is 10.3. The lowest BCUT2D eigenvalue weighted by atomic mass is 9.91. The predicted molar refractivity (Wildman–Crippen MR) is 53.3 cm³/mol. The molecule has 0 saturated heterocycles. The van der Waals surface area contributed by atoms with E-state index in [2.05, 4.69) is 30.7 Å². The van der Waals surface area contributed by atoms with Gasteiger partial charge in [-0.05, 0) is 6.07 Å². The van der Waals surface area contributed by atoms with Crippen molar-refractivity contribution in [1.29, 1.82) is 0 Å². The van der Waals surface area contributed by atoms with Crippen molar-refractivity contribution in [2.45, 2.75) is 26.2 Å². The first-order chi connectivity index (χ1) is 6.47. The molecule has 4 heteroatoms. The summed E-state index contributed by atoms with van der Waals surface area (Å²) in [6.07, 6.45) is 1.58. The van der Waals surface area contributed by atoms with E-state index in [1.165, 1.54) is 0 Å². The zero-order valence-corrected chi connectivity index (χ0v) is 8.42. The van der Waals surface area contributed by atoms with Gasteiger partial charge in [0, 0.05) is 11.1 Å². The number of nitrogens with one attached hydrogen (secondary N) is 1. The highest BCUT2D eigenvalue weighted by molar-refractivity contribution is 5.71. The number of nitrogens with zero attached hydrogens (tertiary/aromatic N) is 1. The van der Waals surface area contributed by atoms with Gasteiger partial charge in [0.25, 0.3) is 0 Å². The largest absolute Gasteiger partial charge is 0.417 e. The summed E-state index contributed by atoms with van der Waals surface area (Å²) in [6, 6.07) is 1.85. The average Bonchev–Trinajstić information content (AvgIpc) is 2.41. The molecule has 74 valence electrons. The number of oxazole rings is 1. The minimum absolute atomic E-state index is 0.0254. The number of fused-ring (bicyclic) bond motifs is 1. The van der Waals surface area contributed by atoms with E-state index in [1.807, 2.05) is 6.07 Å². The van der Waals surface area contributed by atoms with Crippen LogP contribution in [0.1, 0.15) is 26.5 Å². The molecular weight excluding hydrogens is 180 g/mol. The highest BCUT2D eigenvalue weighted by atomic mass is 16.4. The molecule has 2 heterocycles. The third-order valence-corrected chi connectivity index (χ3v) is 2.08. The Labute approximate surface area is 81.0 Å². The van der Waals surface area contributed by atoms with Gasteiger partial charge in [-0.3, -0.25) is 9.97 Å². The number of aromatic nitrogens is 2. The molecule has 0 aliphatic heterocycles. The maximum atomic E-state index is 10.9. The predicted octanol–water partition coefficient (Wildman–Crippen LogP) is 1.81. The van der Waals surface area contributed by atoms with Gasteiger partial charge in [-0.15, -0.1) is 0 Å². The molecular formula is C10H12N2O2. The average molecular weight is 192 g/mol. The monoisotopic (exact) mass is 192 g/mol. The summed E-state index contributed by atoms with van der Waals surface area (Å²) in [5, 5.41) is 0. The van der Waals surface area contributed by atoms with E-state index in [4.69, 9.17) is 4.42 Å². The molecule has 0 aliphatic rings. The third kappa shape index (κ3) is 1.43. The van der Waals surface area contributed by atoms with Crippen LogP contribution in [0, 0.1) is 0 Å². The van der Waals surface area contributed by atoms with E-state index in [0.29, 0.717) is 11.1 Å². The maximum absolute atomic E-state index is 10.9. The van der Waals surface area contributed by atoms with Gasteiger partial charge in [-0.1, -0.05) is 20.8 Å². The Morgan fingerprint density at radius 1 is 1.43 bits per heavy atom. The first-order valence-corrected chi connectivity index (χ1v) is 4.46. The van der Waals surface area contributed by atoms with Crippen molar-refractivity contribution in [3.05, 3.63) is 28.5 Å². The van der Waals surface area contributed by atoms with Gasteiger partial charge in [0.15, 0.2) is 5.58 Å². The third-order valence-electron chi connectivity index (χ3n) is 2.08. The molecule has 0 amide bonds. The lowest BCUT2D eigenvalue weighted by Crippen LogP contribution is -2.12. The zero-order valence-electron chi connectivity index (χ0n) is 8.42. The number of aromatic amines is 1. The van der Waals surface area contributed by atoms with Crippen molar-refractivity contribution in [3.63, 3.8) is 0 Å². The quantitative estimate of drug-likeness (QED) is 0.692. The lowest BCUT2D eigenvalue weighted by molar-refractivity contribution is 0.550. The van der Waals surface area contributed by atoms with E-state index < -0.39 is 5.76 Å². The number of rotatable bonds is 0. The van der Waals surface area contributed by atoms with Crippen LogP contribution in [0.25, 0.3) is 11.1 Å². The smallest absolute Gasteiger partial charge is 0.406 e. The summed E-state index contributed by atoms with van der Waals surface area (Å²) < 4.78 is 4.86. The molecule has 0 saturated carbocycles. The molecule has 0 fully saturated rings. The number of hydrogen-bond donors (Lipinski definition) is 1. The van der Waals surface area contributed by atoms with Crippen LogP contribution in [0.3, 0.4) is 0 Å². The van der Waals surface area contributed by atoms with Gasteiger partial charge in [0.1, 0.15) is 0 Å². The highest BCUT2D eigenvalue weighted by Crippen LogP contribution is 2.22. The molecule has 4 nitrogen and oxygen atoms in total. The van der Waals surface area contributed by atoms with Gasteiger partial charge >= 0.3 is 5.76 Å². The van der Waals surface area contributed by atoms with Crippen molar-refractivity contribution in [2.75, 3.05) is 0 Å². The topological polar surface area (TPSA) is 58.9 Å². The van der Waals surface area contributed by atoms with Crippen molar-refractivity contribution in [3.8, 4) is 0 Å². The Morgan fingerprint density at radius 3 is 2.79 bits per heavy atom. The van der Waals surface area contributed by atoms with Crippen molar-refractivity contribution in [2.24, 2.45) is 0 Å². The first-order valence-electron chi connectivity index (χ1n) is 4.46. The van der Waals surface area contributed by atoms with Gasteiger partial charge in [0.2, 0.25) is 0 Å². The van der Waals surface area contributed by atoms with Crippen LogP contribution in [-0.2, 0) is 5.41 Å². The molecule has 0 radical (unpaired) electrons. The first kappa shape index (κ1) is 8.99.